The SMILES string of the molecule is O=C(O)C1CCC(NC(=O)C(CS)Cc2ccccc2)CC1. The molecule has 1 aromatic carbocycles. The third kappa shape index (κ3) is 4.77. The third-order valence-electron chi connectivity index (χ3n) is 4.34. The second-order valence-corrected chi connectivity index (χ2v) is 6.33. The molecule has 1 saturated carbocycles. The number of hydrogen-bond donors (Lipinski definition) is 3. The highest BCUT2D eigenvalue weighted by Gasteiger charge is 2.28. The van der Waals surface area contributed by atoms with Crippen LogP contribution in [-0.4, -0.2) is 28.8 Å². The Morgan fingerprint density at radius 1 is 1.18 bits per heavy atom. The maximum absolute atomic E-state index is 12.4. The molecule has 0 spiro atoms. The number of carbonyl (C=O) groups is 2. The minimum atomic E-state index is -0.720. The van der Waals surface area contributed by atoms with E-state index in [4.69, 9.17) is 5.11 Å². The fraction of sp³-hybridized carbons (Fsp3) is 0.529. The van der Waals surface area contributed by atoms with Crippen LogP contribution in [0.1, 0.15) is 31.2 Å². The highest BCUT2D eigenvalue weighted by Crippen LogP contribution is 2.24. The summed E-state index contributed by atoms with van der Waals surface area (Å²) in [7, 11) is 0. The number of aliphatic carboxylic acids is 1. The van der Waals surface area contributed by atoms with Crippen LogP contribution in [0.5, 0.6) is 0 Å². The molecule has 1 atom stereocenters. The van der Waals surface area contributed by atoms with E-state index < -0.39 is 5.97 Å². The van der Waals surface area contributed by atoms with Crippen LogP contribution in [0.4, 0.5) is 0 Å². The Bertz CT molecular complexity index is 498. The molecule has 0 aliphatic heterocycles. The molecule has 1 aliphatic rings. The number of carboxylic acids is 1. The van der Waals surface area contributed by atoms with Gasteiger partial charge in [0, 0.05) is 11.8 Å². The van der Waals surface area contributed by atoms with Crippen molar-refractivity contribution in [2.75, 3.05) is 5.75 Å². The zero-order valence-corrected chi connectivity index (χ0v) is 13.5. The minimum absolute atomic E-state index is 0.0256. The number of rotatable bonds is 6. The van der Waals surface area contributed by atoms with Crippen LogP contribution < -0.4 is 5.32 Å². The molecule has 120 valence electrons. The van der Waals surface area contributed by atoms with Crippen LogP contribution in [-0.2, 0) is 16.0 Å². The molecule has 0 bridgehead atoms. The number of thiol groups is 1. The van der Waals surface area contributed by atoms with Crippen LogP contribution in [0.15, 0.2) is 30.3 Å². The molecule has 2 rings (SSSR count). The number of benzene rings is 1. The maximum atomic E-state index is 12.4. The first kappa shape index (κ1) is 16.9. The highest BCUT2D eigenvalue weighted by atomic mass is 32.1. The van der Waals surface area contributed by atoms with Crippen LogP contribution >= 0.6 is 12.6 Å². The summed E-state index contributed by atoms with van der Waals surface area (Å²) in [6.07, 6.45) is 3.45. The van der Waals surface area contributed by atoms with Crippen LogP contribution in [0.2, 0.25) is 0 Å². The summed E-state index contributed by atoms with van der Waals surface area (Å²) in [5, 5.41) is 12.1. The highest BCUT2D eigenvalue weighted by molar-refractivity contribution is 7.80. The first-order valence-corrected chi connectivity index (χ1v) is 8.41. The molecule has 5 heteroatoms. The summed E-state index contributed by atoms with van der Waals surface area (Å²) >= 11 is 4.31. The predicted octanol–water partition coefficient (Wildman–Crippen LogP) is 2.53. The minimum Gasteiger partial charge on any atom is -0.481 e. The normalized spacial score (nSPS) is 22.8. The molecule has 1 amide bonds. The zero-order valence-electron chi connectivity index (χ0n) is 12.6. The Labute approximate surface area is 136 Å². The van der Waals surface area contributed by atoms with Crippen molar-refractivity contribution in [3.05, 3.63) is 35.9 Å². The lowest BCUT2D eigenvalue weighted by Crippen LogP contribution is -2.42. The maximum Gasteiger partial charge on any atom is 0.306 e. The molecular formula is C17H23NO3S. The number of carbonyl (C=O) groups excluding carboxylic acids is 1. The molecule has 0 heterocycles. The van der Waals surface area contributed by atoms with E-state index in [1.54, 1.807) is 0 Å². The van der Waals surface area contributed by atoms with Gasteiger partial charge in [-0.05, 0) is 37.7 Å². The Kier molecular flexibility index (Phi) is 6.31. The molecule has 22 heavy (non-hydrogen) atoms. The van der Waals surface area contributed by atoms with Gasteiger partial charge in [0.2, 0.25) is 5.91 Å². The van der Waals surface area contributed by atoms with E-state index in [0.717, 1.165) is 18.4 Å². The van der Waals surface area contributed by atoms with Crippen LogP contribution in [0, 0.1) is 11.8 Å². The summed E-state index contributed by atoms with van der Waals surface area (Å²) < 4.78 is 0. The van der Waals surface area contributed by atoms with Gasteiger partial charge < -0.3 is 10.4 Å². The molecule has 2 N–H and O–H groups in total. The first-order chi connectivity index (χ1) is 10.6. The molecule has 1 aromatic rings. The number of nitrogens with one attached hydrogen (secondary N) is 1. The van der Waals surface area contributed by atoms with Gasteiger partial charge in [-0.2, -0.15) is 12.6 Å². The van der Waals surface area contributed by atoms with Crippen molar-refractivity contribution in [2.45, 2.75) is 38.1 Å². The topological polar surface area (TPSA) is 66.4 Å². The van der Waals surface area contributed by atoms with Crippen LogP contribution in [0.3, 0.4) is 0 Å². The van der Waals surface area contributed by atoms with E-state index in [1.165, 1.54) is 0 Å². The standard InChI is InChI=1S/C17H23NO3S/c19-16(14(11-22)10-12-4-2-1-3-5-12)18-15-8-6-13(7-9-15)17(20)21/h1-5,13-15,22H,6-11H2,(H,18,19)(H,20,21). The average Bonchev–Trinajstić information content (AvgIpc) is 2.54. The molecule has 0 radical (unpaired) electrons. The Hall–Kier alpha value is -1.49. The van der Waals surface area contributed by atoms with Crippen LogP contribution in [0.25, 0.3) is 0 Å². The Morgan fingerprint density at radius 2 is 1.82 bits per heavy atom. The van der Waals surface area contributed by atoms with Gasteiger partial charge in [0.1, 0.15) is 0 Å². The van der Waals surface area contributed by atoms with Gasteiger partial charge >= 0.3 is 5.97 Å². The third-order valence-corrected chi connectivity index (χ3v) is 4.78. The quantitative estimate of drug-likeness (QED) is 0.705. The summed E-state index contributed by atoms with van der Waals surface area (Å²) in [4.78, 5) is 23.3. The molecule has 0 saturated heterocycles. The number of hydrogen-bond acceptors (Lipinski definition) is 3. The van der Waals surface area contributed by atoms with E-state index in [1.807, 2.05) is 30.3 Å². The largest absolute Gasteiger partial charge is 0.481 e. The lowest BCUT2D eigenvalue weighted by Gasteiger charge is -2.28. The fourth-order valence-electron chi connectivity index (χ4n) is 2.94. The summed E-state index contributed by atoms with van der Waals surface area (Å²) in [6, 6.07) is 10.0. The second-order valence-electron chi connectivity index (χ2n) is 5.96. The lowest BCUT2D eigenvalue weighted by atomic mass is 9.86. The number of carboxylic acid groups (broad SMARTS) is 1. The van der Waals surface area contributed by atoms with E-state index in [0.29, 0.717) is 25.0 Å². The van der Waals surface area contributed by atoms with Gasteiger partial charge in [-0.25, -0.2) is 0 Å². The Balaban J connectivity index is 1.84. The molecule has 1 unspecified atom stereocenters. The molecule has 1 aliphatic carbocycles. The van der Waals surface area contributed by atoms with Gasteiger partial charge in [-0.3, -0.25) is 9.59 Å². The van der Waals surface area contributed by atoms with Crippen molar-refractivity contribution in [1.29, 1.82) is 0 Å². The van der Waals surface area contributed by atoms with Gasteiger partial charge in [-0.1, -0.05) is 30.3 Å². The van der Waals surface area contributed by atoms with Crippen molar-refractivity contribution in [3.8, 4) is 0 Å². The lowest BCUT2D eigenvalue weighted by molar-refractivity contribution is -0.142. The van der Waals surface area contributed by atoms with Crippen molar-refractivity contribution < 1.29 is 14.7 Å². The molecule has 4 nitrogen and oxygen atoms in total. The van der Waals surface area contributed by atoms with Crippen molar-refractivity contribution in [2.24, 2.45) is 11.8 Å². The van der Waals surface area contributed by atoms with Crippen molar-refractivity contribution in [1.82, 2.24) is 5.32 Å². The fourth-order valence-corrected chi connectivity index (χ4v) is 3.24. The van der Waals surface area contributed by atoms with Gasteiger partial charge in [0.25, 0.3) is 0 Å². The zero-order chi connectivity index (χ0) is 15.9. The van der Waals surface area contributed by atoms with E-state index in [2.05, 4.69) is 17.9 Å². The van der Waals surface area contributed by atoms with Crippen molar-refractivity contribution >= 4 is 24.5 Å². The number of amides is 1. The Morgan fingerprint density at radius 3 is 2.36 bits per heavy atom. The molecule has 0 aromatic heterocycles. The van der Waals surface area contributed by atoms with Crippen molar-refractivity contribution in [3.63, 3.8) is 0 Å². The average molecular weight is 321 g/mol. The summed E-state index contributed by atoms with van der Waals surface area (Å²) in [5.41, 5.74) is 1.13. The summed E-state index contributed by atoms with van der Waals surface area (Å²) in [5.74, 6) is -0.591. The van der Waals surface area contributed by atoms with E-state index in [9.17, 15) is 9.59 Å². The monoisotopic (exact) mass is 321 g/mol. The molecular weight excluding hydrogens is 298 g/mol. The van der Waals surface area contributed by atoms with E-state index >= 15 is 0 Å². The van der Waals surface area contributed by atoms with Gasteiger partial charge in [0.15, 0.2) is 0 Å². The van der Waals surface area contributed by atoms with Gasteiger partial charge in [0.05, 0.1) is 11.8 Å². The van der Waals surface area contributed by atoms with Gasteiger partial charge in [-0.15, -0.1) is 0 Å². The summed E-state index contributed by atoms with van der Waals surface area (Å²) in [6.45, 7) is 0. The second kappa shape index (κ2) is 8.22. The smallest absolute Gasteiger partial charge is 0.306 e. The molecule has 1 fully saturated rings. The first-order valence-electron chi connectivity index (χ1n) is 7.78. The van der Waals surface area contributed by atoms with E-state index in [-0.39, 0.29) is 23.8 Å². The predicted molar refractivity (Wildman–Crippen MR) is 89.0 cm³/mol.